The summed E-state index contributed by atoms with van der Waals surface area (Å²) in [7, 11) is 1.70. The topological polar surface area (TPSA) is 30.5 Å². The van der Waals surface area contributed by atoms with Crippen molar-refractivity contribution in [1.29, 1.82) is 0 Å². The van der Waals surface area contributed by atoms with Crippen molar-refractivity contribution < 1.29 is 9.47 Å². The van der Waals surface area contributed by atoms with Gasteiger partial charge in [0.05, 0.1) is 7.11 Å². The van der Waals surface area contributed by atoms with E-state index in [1.165, 1.54) is 5.56 Å². The zero-order valence-electron chi connectivity index (χ0n) is 11.3. The Morgan fingerprint density at radius 1 is 1.28 bits per heavy atom. The quantitative estimate of drug-likeness (QED) is 0.870. The molecule has 0 aromatic heterocycles. The zero-order chi connectivity index (χ0) is 12.8. The second-order valence-electron chi connectivity index (χ2n) is 4.79. The van der Waals surface area contributed by atoms with E-state index >= 15 is 0 Å². The molecule has 0 spiro atoms. The molecule has 0 aliphatic carbocycles. The Balaban J connectivity index is 1.97. The van der Waals surface area contributed by atoms with Crippen molar-refractivity contribution in [1.82, 2.24) is 5.32 Å². The second-order valence-corrected chi connectivity index (χ2v) is 4.79. The smallest absolute Gasteiger partial charge is 0.118 e. The van der Waals surface area contributed by atoms with Crippen molar-refractivity contribution >= 4 is 0 Å². The molecule has 0 radical (unpaired) electrons. The van der Waals surface area contributed by atoms with Gasteiger partial charge in [0.1, 0.15) is 5.75 Å². The number of methoxy groups -OCH3 is 1. The van der Waals surface area contributed by atoms with Crippen molar-refractivity contribution in [3.63, 3.8) is 0 Å². The lowest BCUT2D eigenvalue weighted by Crippen LogP contribution is -2.37. The summed E-state index contributed by atoms with van der Waals surface area (Å²) in [6.45, 7) is 3.99. The SMILES string of the molecule is CCC(NC1CCOCC1)c1ccc(OC)cc1. The lowest BCUT2D eigenvalue weighted by atomic mass is 10.0. The zero-order valence-corrected chi connectivity index (χ0v) is 11.3. The molecule has 1 aliphatic rings. The van der Waals surface area contributed by atoms with Crippen LogP contribution in [0.3, 0.4) is 0 Å². The van der Waals surface area contributed by atoms with Gasteiger partial charge in [0.25, 0.3) is 0 Å². The first-order valence-electron chi connectivity index (χ1n) is 6.81. The first kappa shape index (κ1) is 13.4. The molecule has 2 rings (SSSR count). The molecule has 100 valence electrons. The fraction of sp³-hybridized carbons (Fsp3) is 0.600. The van der Waals surface area contributed by atoms with Crippen LogP contribution < -0.4 is 10.1 Å². The maximum atomic E-state index is 5.39. The van der Waals surface area contributed by atoms with E-state index in [2.05, 4.69) is 24.4 Å². The molecular formula is C15H23NO2. The number of nitrogens with one attached hydrogen (secondary N) is 1. The van der Waals surface area contributed by atoms with Crippen LogP contribution in [0.4, 0.5) is 0 Å². The monoisotopic (exact) mass is 249 g/mol. The maximum Gasteiger partial charge on any atom is 0.118 e. The predicted molar refractivity (Wildman–Crippen MR) is 73.0 cm³/mol. The highest BCUT2D eigenvalue weighted by Crippen LogP contribution is 2.22. The van der Waals surface area contributed by atoms with Crippen molar-refractivity contribution in [2.45, 2.75) is 38.3 Å². The summed E-state index contributed by atoms with van der Waals surface area (Å²) >= 11 is 0. The molecule has 1 atom stereocenters. The largest absolute Gasteiger partial charge is 0.497 e. The van der Waals surface area contributed by atoms with E-state index in [0.717, 1.165) is 38.2 Å². The Bertz CT molecular complexity index is 344. The van der Waals surface area contributed by atoms with Gasteiger partial charge in [-0.05, 0) is 37.0 Å². The Kier molecular flexibility index (Phi) is 5.02. The fourth-order valence-corrected chi connectivity index (χ4v) is 2.43. The van der Waals surface area contributed by atoms with E-state index in [0.29, 0.717) is 12.1 Å². The van der Waals surface area contributed by atoms with Crippen molar-refractivity contribution in [3.05, 3.63) is 29.8 Å². The van der Waals surface area contributed by atoms with Crippen LogP contribution in [0.5, 0.6) is 5.75 Å². The van der Waals surface area contributed by atoms with Gasteiger partial charge >= 0.3 is 0 Å². The number of hydrogen-bond donors (Lipinski definition) is 1. The Hall–Kier alpha value is -1.06. The number of ether oxygens (including phenoxy) is 2. The molecule has 1 unspecified atom stereocenters. The number of rotatable bonds is 5. The van der Waals surface area contributed by atoms with E-state index in [1.54, 1.807) is 7.11 Å². The van der Waals surface area contributed by atoms with E-state index in [4.69, 9.17) is 9.47 Å². The van der Waals surface area contributed by atoms with E-state index < -0.39 is 0 Å². The second kappa shape index (κ2) is 6.76. The van der Waals surface area contributed by atoms with Crippen molar-refractivity contribution in [2.24, 2.45) is 0 Å². The third kappa shape index (κ3) is 3.47. The van der Waals surface area contributed by atoms with Gasteiger partial charge in [-0.25, -0.2) is 0 Å². The normalized spacial score (nSPS) is 18.6. The lowest BCUT2D eigenvalue weighted by molar-refractivity contribution is 0.0746. The summed E-state index contributed by atoms with van der Waals surface area (Å²) in [5.74, 6) is 0.916. The van der Waals surface area contributed by atoms with Crippen LogP contribution in [0.15, 0.2) is 24.3 Å². The summed E-state index contributed by atoms with van der Waals surface area (Å²) < 4.78 is 10.6. The van der Waals surface area contributed by atoms with E-state index in [-0.39, 0.29) is 0 Å². The molecule has 1 heterocycles. The number of hydrogen-bond acceptors (Lipinski definition) is 3. The maximum absolute atomic E-state index is 5.39. The molecule has 1 aromatic carbocycles. The van der Waals surface area contributed by atoms with Gasteiger partial charge in [-0.2, -0.15) is 0 Å². The van der Waals surface area contributed by atoms with Gasteiger partial charge in [0.2, 0.25) is 0 Å². The summed E-state index contributed by atoms with van der Waals surface area (Å²) in [6.07, 6.45) is 3.34. The molecule has 1 aromatic rings. The van der Waals surface area contributed by atoms with Crippen LogP contribution in [0.2, 0.25) is 0 Å². The highest BCUT2D eigenvalue weighted by atomic mass is 16.5. The minimum atomic E-state index is 0.430. The van der Waals surface area contributed by atoms with Crippen LogP contribution in [0.25, 0.3) is 0 Å². The summed E-state index contributed by atoms with van der Waals surface area (Å²) in [5, 5.41) is 3.74. The predicted octanol–water partition coefficient (Wildman–Crippen LogP) is 2.91. The van der Waals surface area contributed by atoms with E-state index in [1.807, 2.05) is 12.1 Å². The lowest BCUT2D eigenvalue weighted by Gasteiger charge is -2.28. The van der Waals surface area contributed by atoms with Gasteiger partial charge < -0.3 is 14.8 Å². The number of benzene rings is 1. The van der Waals surface area contributed by atoms with Crippen LogP contribution in [0.1, 0.15) is 37.8 Å². The van der Waals surface area contributed by atoms with Crippen LogP contribution >= 0.6 is 0 Å². The molecule has 0 amide bonds. The highest BCUT2D eigenvalue weighted by Gasteiger charge is 2.18. The van der Waals surface area contributed by atoms with Crippen LogP contribution in [-0.2, 0) is 4.74 Å². The molecule has 3 heteroatoms. The van der Waals surface area contributed by atoms with Gasteiger partial charge in [-0.3, -0.25) is 0 Å². The molecule has 1 N–H and O–H groups in total. The van der Waals surface area contributed by atoms with Crippen LogP contribution in [0, 0.1) is 0 Å². The molecule has 18 heavy (non-hydrogen) atoms. The first-order valence-corrected chi connectivity index (χ1v) is 6.81. The van der Waals surface area contributed by atoms with Crippen molar-refractivity contribution in [2.75, 3.05) is 20.3 Å². The molecule has 0 saturated carbocycles. The van der Waals surface area contributed by atoms with Crippen LogP contribution in [-0.4, -0.2) is 26.4 Å². The van der Waals surface area contributed by atoms with Gasteiger partial charge in [0, 0.05) is 25.3 Å². The minimum absolute atomic E-state index is 0.430. The first-order chi connectivity index (χ1) is 8.83. The molecule has 3 nitrogen and oxygen atoms in total. The fourth-order valence-electron chi connectivity index (χ4n) is 2.43. The third-order valence-corrected chi connectivity index (χ3v) is 3.58. The molecule has 1 aliphatic heterocycles. The molecule has 1 saturated heterocycles. The summed E-state index contributed by atoms with van der Waals surface area (Å²) in [5.41, 5.74) is 1.34. The van der Waals surface area contributed by atoms with Crippen molar-refractivity contribution in [3.8, 4) is 5.75 Å². The highest BCUT2D eigenvalue weighted by molar-refractivity contribution is 5.29. The Labute approximate surface area is 109 Å². The Morgan fingerprint density at radius 2 is 1.94 bits per heavy atom. The molecule has 1 fully saturated rings. The molecular weight excluding hydrogens is 226 g/mol. The van der Waals surface area contributed by atoms with Gasteiger partial charge in [-0.1, -0.05) is 19.1 Å². The van der Waals surface area contributed by atoms with E-state index in [9.17, 15) is 0 Å². The van der Waals surface area contributed by atoms with Gasteiger partial charge in [0.15, 0.2) is 0 Å². The average Bonchev–Trinajstić information content (AvgIpc) is 2.46. The minimum Gasteiger partial charge on any atom is -0.497 e. The summed E-state index contributed by atoms with van der Waals surface area (Å²) in [6, 6.07) is 9.39. The third-order valence-electron chi connectivity index (χ3n) is 3.58. The molecule has 0 bridgehead atoms. The standard InChI is InChI=1S/C15H23NO2/c1-3-15(16-13-8-10-18-11-9-13)12-4-6-14(17-2)7-5-12/h4-7,13,15-16H,3,8-11H2,1-2H3. The van der Waals surface area contributed by atoms with Gasteiger partial charge in [-0.15, -0.1) is 0 Å². The average molecular weight is 249 g/mol. The Morgan fingerprint density at radius 3 is 2.50 bits per heavy atom. The summed E-state index contributed by atoms with van der Waals surface area (Å²) in [4.78, 5) is 0.